The van der Waals surface area contributed by atoms with E-state index in [1.54, 1.807) is 12.1 Å². The largest absolute Gasteiger partial charge is 0.480 e. The zero-order chi connectivity index (χ0) is 12.1. The molecule has 0 unspecified atom stereocenters. The number of rotatable bonds is 4. The molecule has 86 valence electrons. The second kappa shape index (κ2) is 5.46. The van der Waals surface area contributed by atoms with Crippen molar-refractivity contribution in [1.82, 2.24) is 5.01 Å². The summed E-state index contributed by atoms with van der Waals surface area (Å²) >= 11 is 5.81. The fraction of sp³-hybridized carbons (Fsp3) is 0.300. The summed E-state index contributed by atoms with van der Waals surface area (Å²) in [5.74, 6) is -0.954. The maximum Gasteiger partial charge on any atom is 0.324 e. The van der Waals surface area contributed by atoms with Crippen molar-refractivity contribution in [3.8, 4) is 0 Å². The lowest BCUT2D eigenvalue weighted by molar-refractivity contribution is -0.138. The van der Waals surface area contributed by atoms with E-state index >= 15 is 0 Å². The van der Waals surface area contributed by atoms with Gasteiger partial charge >= 0.3 is 5.97 Å². The Morgan fingerprint density at radius 2 is 2.25 bits per heavy atom. The molecule has 0 radical (unpaired) electrons. The van der Waals surface area contributed by atoms with Crippen molar-refractivity contribution in [3.63, 3.8) is 0 Å². The van der Waals surface area contributed by atoms with Gasteiger partial charge in [0.25, 0.3) is 0 Å². The average Bonchev–Trinajstić information content (AvgIpc) is 2.18. The van der Waals surface area contributed by atoms with Crippen LogP contribution in [0.2, 0.25) is 5.02 Å². The summed E-state index contributed by atoms with van der Waals surface area (Å²) in [7, 11) is 1.54. The number of carboxylic acid groups (broad SMARTS) is 1. The van der Waals surface area contributed by atoms with Gasteiger partial charge < -0.3 is 5.11 Å². The number of hydrogen-bond acceptors (Lipinski definition) is 3. The van der Waals surface area contributed by atoms with Gasteiger partial charge in [0.2, 0.25) is 0 Å². The van der Waals surface area contributed by atoms with Gasteiger partial charge in [-0.3, -0.25) is 9.80 Å². The Kier molecular flexibility index (Phi) is 4.25. The third kappa shape index (κ3) is 3.86. The molecule has 0 amide bonds. The van der Waals surface area contributed by atoms with Crippen LogP contribution in [0.15, 0.2) is 28.5 Å². The molecule has 1 aromatic rings. The van der Waals surface area contributed by atoms with Crippen molar-refractivity contribution in [2.24, 2.45) is 10.3 Å². The number of hydrogen-bond donors (Lipinski definition) is 1. The topological polar surface area (TPSA) is 65.3 Å². The first kappa shape index (κ1) is 12.4. The second-order valence-corrected chi connectivity index (χ2v) is 3.77. The van der Waals surface area contributed by atoms with Crippen LogP contribution in [0, 0.1) is 6.92 Å². The highest BCUT2D eigenvalue weighted by Crippen LogP contribution is 2.23. The molecule has 0 aliphatic heterocycles. The molecule has 1 aromatic carbocycles. The van der Waals surface area contributed by atoms with E-state index in [1.807, 2.05) is 13.0 Å². The summed E-state index contributed by atoms with van der Waals surface area (Å²) in [6.45, 7) is 1.69. The number of carboxylic acids is 1. The van der Waals surface area contributed by atoms with Gasteiger partial charge in [0.1, 0.15) is 6.54 Å². The Labute approximate surface area is 98.3 Å². The Balaban J connectivity index is 2.75. The Hall–Kier alpha value is -1.62. The standard InChI is InChI=1S/C10H12ClN3O2/c1-7-3-4-8(11)5-9(7)12-13-14(2)6-10(15)16/h3-5H,6H2,1-2H3,(H,15,16)/b13-12+. The van der Waals surface area contributed by atoms with Crippen molar-refractivity contribution in [2.45, 2.75) is 6.92 Å². The number of aliphatic carboxylic acids is 1. The van der Waals surface area contributed by atoms with Crippen molar-refractivity contribution in [3.05, 3.63) is 28.8 Å². The summed E-state index contributed by atoms with van der Waals surface area (Å²) < 4.78 is 0. The Bertz CT molecular complexity index is 421. The normalized spacial score (nSPS) is 10.7. The van der Waals surface area contributed by atoms with E-state index in [-0.39, 0.29) is 6.54 Å². The van der Waals surface area contributed by atoms with Crippen molar-refractivity contribution in [1.29, 1.82) is 0 Å². The lowest BCUT2D eigenvalue weighted by Gasteiger charge is -2.07. The molecule has 0 aliphatic rings. The molecule has 0 saturated carbocycles. The molecule has 0 bridgehead atoms. The van der Waals surface area contributed by atoms with Gasteiger partial charge in [-0.1, -0.05) is 22.9 Å². The van der Waals surface area contributed by atoms with E-state index in [9.17, 15) is 4.79 Å². The summed E-state index contributed by atoms with van der Waals surface area (Å²) in [6, 6.07) is 5.26. The third-order valence-electron chi connectivity index (χ3n) is 1.84. The summed E-state index contributed by atoms with van der Waals surface area (Å²) in [5.41, 5.74) is 1.56. The minimum atomic E-state index is -0.954. The van der Waals surface area contributed by atoms with Crippen LogP contribution in [0.1, 0.15) is 5.56 Å². The molecule has 0 aliphatic carbocycles. The van der Waals surface area contributed by atoms with Gasteiger partial charge in [0.15, 0.2) is 0 Å². The minimum Gasteiger partial charge on any atom is -0.480 e. The van der Waals surface area contributed by atoms with Crippen LogP contribution in [0.4, 0.5) is 5.69 Å². The van der Waals surface area contributed by atoms with Gasteiger partial charge in [0, 0.05) is 12.1 Å². The molecule has 1 rings (SSSR count). The van der Waals surface area contributed by atoms with Crippen molar-refractivity contribution < 1.29 is 9.90 Å². The molecule has 0 heterocycles. The van der Waals surface area contributed by atoms with Crippen LogP contribution >= 0.6 is 11.6 Å². The highest BCUT2D eigenvalue weighted by atomic mass is 35.5. The first-order valence-corrected chi connectivity index (χ1v) is 4.97. The Morgan fingerprint density at radius 3 is 2.88 bits per heavy atom. The SMILES string of the molecule is Cc1ccc(Cl)cc1/N=N/N(C)CC(=O)O. The second-order valence-electron chi connectivity index (χ2n) is 3.33. The highest BCUT2D eigenvalue weighted by Gasteiger charge is 2.02. The quantitative estimate of drug-likeness (QED) is 0.651. The maximum atomic E-state index is 10.4. The predicted octanol–water partition coefficient (Wildman–Crippen LogP) is 2.66. The summed E-state index contributed by atoms with van der Waals surface area (Å²) in [5, 5.41) is 18.0. The number of carbonyl (C=O) groups is 1. The van der Waals surface area contributed by atoms with Crippen LogP contribution in [-0.4, -0.2) is 29.7 Å². The van der Waals surface area contributed by atoms with Crippen LogP contribution in [0.3, 0.4) is 0 Å². The lowest BCUT2D eigenvalue weighted by atomic mass is 10.2. The van der Waals surface area contributed by atoms with Gasteiger partial charge in [-0.15, -0.1) is 5.11 Å². The number of halogens is 1. The molecule has 0 spiro atoms. The molecule has 5 nitrogen and oxygen atoms in total. The first-order valence-electron chi connectivity index (χ1n) is 4.60. The third-order valence-corrected chi connectivity index (χ3v) is 2.08. The van der Waals surface area contributed by atoms with Gasteiger partial charge in [-0.25, -0.2) is 0 Å². The number of nitrogens with zero attached hydrogens (tertiary/aromatic N) is 3. The zero-order valence-electron chi connectivity index (χ0n) is 9.01. The molecule has 1 N–H and O–H groups in total. The molecule has 16 heavy (non-hydrogen) atoms. The Morgan fingerprint density at radius 1 is 1.56 bits per heavy atom. The van der Waals surface area contributed by atoms with E-state index in [2.05, 4.69) is 10.3 Å². The minimum absolute atomic E-state index is 0.191. The number of benzene rings is 1. The van der Waals surface area contributed by atoms with Gasteiger partial charge in [-0.05, 0) is 24.6 Å². The molecule has 0 saturated heterocycles. The molecule has 0 fully saturated rings. The fourth-order valence-corrected chi connectivity index (χ4v) is 1.21. The van der Waals surface area contributed by atoms with E-state index in [4.69, 9.17) is 16.7 Å². The van der Waals surface area contributed by atoms with E-state index in [0.717, 1.165) is 5.56 Å². The fourth-order valence-electron chi connectivity index (χ4n) is 1.04. The predicted molar refractivity (Wildman–Crippen MR) is 61.0 cm³/mol. The smallest absolute Gasteiger partial charge is 0.324 e. The van der Waals surface area contributed by atoms with E-state index in [0.29, 0.717) is 10.7 Å². The average molecular weight is 242 g/mol. The van der Waals surface area contributed by atoms with Gasteiger partial charge in [0.05, 0.1) is 5.69 Å². The first-order chi connectivity index (χ1) is 7.49. The van der Waals surface area contributed by atoms with Crippen molar-refractivity contribution >= 4 is 23.3 Å². The van der Waals surface area contributed by atoms with Crippen LogP contribution in [0.5, 0.6) is 0 Å². The molecule has 0 aromatic heterocycles. The van der Waals surface area contributed by atoms with E-state index in [1.165, 1.54) is 12.1 Å². The monoisotopic (exact) mass is 241 g/mol. The molecular weight excluding hydrogens is 230 g/mol. The van der Waals surface area contributed by atoms with Gasteiger partial charge in [-0.2, -0.15) is 0 Å². The van der Waals surface area contributed by atoms with Crippen LogP contribution in [0.25, 0.3) is 0 Å². The lowest BCUT2D eigenvalue weighted by Crippen LogP contribution is -2.19. The molecule has 0 atom stereocenters. The number of likely N-dealkylation sites (N-methyl/N-ethyl adjacent to an activating group) is 1. The molecule has 6 heteroatoms. The van der Waals surface area contributed by atoms with Crippen LogP contribution < -0.4 is 0 Å². The zero-order valence-corrected chi connectivity index (χ0v) is 9.77. The number of aryl methyl sites for hydroxylation is 1. The van der Waals surface area contributed by atoms with Crippen LogP contribution in [-0.2, 0) is 4.79 Å². The van der Waals surface area contributed by atoms with Crippen molar-refractivity contribution in [2.75, 3.05) is 13.6 Å². The highest BCUT2D eigenvalue weighted by molar-refractivity contribution is 6.30. The van der Waals surface area contributed by atoms with E-state index < -0.39 is 5.97 Å². The summed E-state index contributed by atoms with van der Waals surface area (Å²) in [4.78, 5) is 10.4. The summed E-state index contributed by atoms with van der Waals surface area (Å²) in [6.07, 6.45) is 0. The maximum absolute atomic E-state index is 10.4. The molecular formula is C10H12ClN3O2.